The third kappa shape index (κ3) is 5.42. The van der Waals surface area contributed by atoms with Crippen LogP contribution in [0.1, 0.15) is 61.8 Å². The lowest BCUT2D eigenvalue weighted by molar-refractivity contribution is 0.305. The zero-order valence-corrected chi connectivity index (χ0v) is 14.9. The first kappa shape index (κ1) is 17.6. The highest BCUT2D eigenvalue weighted by atomic mass is 16.5. The average Bonchev–Trinajstić information content (AvgIpc) is 2.59. The van der Waals surface area contributed by atoms with Gasteiger partial charge in [0.25, 0.3) is 0 Å². The highest BCUT2D eigenvalue weighted by Gasteiger charge is 2.08. The van der Waals surface area contributed by atoms with Crippen molar-refractivity contribution in [2.75, 3.05) is 0 Å². The Labute approximate surface area is 141 Å². The lowest BCUT2D eigenvalue weighted by Gasteiger charge is -2.15. The van der Waals surface area contributed by atoms with Crippen LogP contribution < -0.4 is 4.74 Å². The van der Waals surface area contributed by atoms with Crippen molar-refractivity contribution >= 4 is 0 Å². The molecule has 0 atom stereocenters. The van der Waals surface area contributed by atoms with Gasteiger partial charge in [-0.25, -0.2) is 0 Å². The lowest BCUT2D eigenvalue weighted by atomic mass is 9.95. The molecule has 23 heavy (non-hydrogen) atoms. The van der Waals surface area contributed by atoms with Crippen molar-refractivity contribution in [3.8, 4) is 5.75 Å². The van der Waals surface area contributed by atoms with Crippen LogP contribution in [0.4, 0.5) is 0 Å². The van der Waals surface area contributed by atoms with Gasteiger partial charge in [-0.3, -0.25) is 0 Å². The Bertz CT molecular complexity index is 557. The fraction of sp³-hybridized carbons (Fsp3) is 0.455. The van der Waals surface area contributed by atoms with E-state index in [0.29, 0.717) is 6.61 Å². The van der Waals surface area contributed by atoms with Gasteiger partial charge in [0, 0.05) is 0 Å². The molecule has 0 spiro atoms. The van der Waals surface area contributed by atoms with E-state index in [2.05, 4.69) is 57.2 Å². The molecule has 0 aliphatic rings. The number of ether oxygens (including phenoxy) is 1. The minimum atomic E-state index is 0.643. The van der Waals surface area contributed by atoms with E-state index in [0.717, 1.165) is 18.6 Å². The third-order valence-corrected chi connectivity index (χ3v) is 4.44. The SMILES string of the molecule is CCCCc1cc(OCc2ccccc2)cc(CCCC)c1C. The normalized spacial score (nSPS) is 10.7. The summed E-state index contributed by atoms with van der Waals surface area (Å²) in [7, 11) is 0. The molecular formula is C22H30O. The van der Waals surface area contributed by atoms with E-state index in [1.807, 2.05) is 6.07 Å². The summed E-state index contributed by atoms with van der Waals surface area (Å²) < 4.78 is 6.09. The zero-order chi connectivity index (χ0) is 16.5. The summed E-state index contributed by atoms with van der Waals surface area (Å²) in [5, 5.41) is 0. The predicted octanol–water partition coefficient (Wildman–Crippen LogP) is 6.26. The van der Waals surface area contributed by atoms with Crippen LogP contribution in [-0.4, -0.2) is 0 Å². The highest BCUT2D eigenvalue weighted by Crippen LogP contribution is 2.26. The number of benzene rings is 2. The average molecular weight is 310 g/mol. The maximum atomic E-state index is 6.09. The van der Waals surface area contributed by atoms with Crippen molar-refractivity contribution in [3.63, 3.8) is 0 Å². The molecule has 0 amide bonds. The van der Waals surface area contributed by atoms with Crippen molar-refractivity contribution in [3.05, 3.63) is 64.7 Å². The summed E-state index contributed by atoms with van der Waals surface area (Å²) in [5.74, 6) is 1.02. The first-order valence-electron chi connectivity index (χ1n) is 9.03. The van der Waals surface area contributed by atoms with Crippen LogP contribution in [0, 0.1) is 6.92 Å². The van der Waals surface area contributed by atoms with Crippen molar-refractivity contribution in [1.29, 1.82) is 0 Å². The van der Waals surface area contributed by atoms with E-state index >= 15 is 0 Å². The number of hydrogen-bond donors (Lipinski definition) is 0. The van der Waals surface area contributed by atoms with Gasteiger partial charge in [0.15, 0.2) is 0 Å². The molecule has 0 unspecified atom stereocenters. The van der Waals surface area contributed by atoms with Crippen LogP contribution in [0.2, 0.25) is 0 Å². The van der Waals surface area contributed by atoms with Crippen LogP contribution in [-0.2, 0) is 19.4 Å². The Hall–Kier alpha value is -1.76. The summed E-state index contributed by atoms with van der Waals surface area (Å²) in [6, 6.07) is 14.9. The molecule has 0 aliphatic carbocycles. The van der Waals surface area contributed by atoms with Crippen molar-refractivity contribution in [1.82, 2.24) is 0 Å². The second kappa shape index (κ2) is 9.39. The van der Waals surface area contributed by atoms with Gasteiger partial charge in [0.1, 0.15) is 12.4 Å². The van der Waals surface area contributed by atoms with Gasteiger partial charge in [0.2, 0.25) is 0 Å². The standard InChI is InChI=1S/C22H30O/c1-4-6-13-20-15-22(16-21(18(20)3)14-7-5-2)23-17-19-11-9-8-10-12-19/h8-12,15-16H,4-7,13-14,17H2,1-3H3. The summed E-state index contributed by atoms with van der Waals surface area (Å²) >= 11 is 0. The molecule has 0 aliphatic heterocycles. The zero-order valence-electron chi connectivity index (χ0n) is 14.9. The fourth-order valence-electron chi connectivity index (χ4n) is 2.89. The molecule has 0 bridgehead atoms. The Morgan fingerprint density at radius 3 is 1.91 bits per heavy atom. The van der Waals surface area contributed by atoms with E-state index in [1.165, 1.54) is 47.9 Å². The molecule has 2 aromatic carbocycles. The topological polar surface area (TPSA) is 9.23 Å². The van der Waals surface area contributed by atoms with Crippen LogP contribution >= 0.6 is 0 Å². The van der Waals surface area contributed by atoms with Crippen LogP contribution in [0.3, 0.4) is 0 Å². The quantitative estimate of drug-likeness (QED) is 0.531. The van der Waals surface area contributed by atoms with Gasteiger partial charge >= 0.3 is 0 Å². The van der Waals surface area contributed by atoms with Gasteiger partial charge < -0.3 is 4.74 Å². The van der Waals surface area contributed by atoms with Gasteiger partial charge in [-0.05, 0) is 67.0 Å². The van der Waals surface area contributed by atoms with Gasteiger partial charge in [0.05, 0.1) is 0 Å². The minimum Gasteiger partial charge on any atom is -0.489 e. The predicted molar refractivity (Wildman–Crippen MR) is 99.2 cm³/mol. The van der Waals surface area contributed by atoms with Crippen LogP contribution in [0.25, 0.3) is 0 Å². The molecule has 124 valence electrons. The van der Waals surface area contributed by atoms with E-state index in [9.17, 15) is 0 Å². The molecule has 0 saturated carbocycles. The van der Waals surface area contributed by atoms with E-state index < -0.39 is 0 Å². The first-order valence-corrected chi connectivity index (χ1v) is 9.03. The summed E-state index contributed by atoms with van der Waals surface area (Å²) in [5.41, 5.74) is 5.62. The third-order valence-electron chi connectivity index (χ3n) is 4.44. The minimum absolute atomic E-state index is 0.643. The van der Waals surface area contributed by atoms with E-state index in [-0.39, 0.29) is 0 Å². The van der Waals surface area contributed by atoms with Crippen molar-refractivity contribution < 1.29 is 4.74 Å². The first-order chi connectivity index (χ1) is 11.2. The smallest absolute Gasteiger partial charge is 0.120 e. The molecule has 0 aromatic heterocycles. The molecular weight excluding hydrogens is 280 g/mol. The molecule has 0 heterocycles. The molecule has 2 rings (SSSR count). The molecule has 0 fully saturated rings. The summed E-state index contributed by atoms with van der Waals surface area (Å²) in [6.45, 7) is 7.42. The monoisotopic (exact) mass is 310 g/mol. The summed E-state index contributed by atoms with van der Waals surface area (Å²) in [6.07, 6.45) is 7.28. The van der Waals surface area contributed by atoms with E-state index in [4.69, 9.17) is 4.74 Å². The van der Waals surface area contributed by atoms with E-state index in [1.54, 1.807) is 0 Å². The lowest BCUT2D eigenvalue weighted by Crippen LogP contribution is -2.01. The molecule has 0 radical (unpaired) electrons. The number of aryl methyl sites for hydroxylation is 2. The number of hydrogen-bond acceptors (Lipinski definition) is 1. The molecule has 0 N–H and O–H groups in total. The maximum absolute atomic E-state index is 6.09. The number of unbranched alkanes of at least 4 members (excludes halogenated alkanes) is 2. The summed E-state index contributed by atoms with van der Waals surface area (Å²) in [4.78, 5) is 0. The van der Waals surface area contributed by atoms with Gasteiger partial charge in [-0.15, -0.1) is 0 Å². The second-order valence-electron chi connectivity index (χ2n) is 6.35. The highest BCUT2D eigenvalue weighted by molar-refractivity contribution is 5.42. The molecule has 1 heteroatoms. The van der Waals surface area contributed by atoms with Gasteiger partial charge in [-0.2, -0.15) is 0 Å². The largest absolute Gasteiger partial charge is 0.489 e. The van der Waals surface area contributed by atoms with Crippen LogP contribution in [0.5, 0.6) is 5.75 Å². The Balaban J connectivity index is 2.16. The molecule has 0 saturated heterocycles. The molecule has 2 aromatic rings. The second-order valence-corrected chi connectivity index (χ2v) is 6.35. The van der Waals surface area contributed by atoms with Gasteiger partial charge in [-0.1, -0.05) is 57.0 Å². The fourth-order valence-corrected chi connectivity index (χ4v) is 2.89. The number of rotatable bonds is 9. The Kier molecular flexibility index (Phi) is 7.19. The van der Waals surface area contributed by atoms with Crippen molar-refractivity contribution in [2.24, 2.45) is 0 Å². The Morgan fingerprint density at radius 1 is 0.826 bits per heavy atom. The Morgan fingerprint density at radius 2 is 1.39 bits per heavy atom. The molecule has 1 nitrogen and oxygen atoms in total. The van der Waals surface area contributed by atoms with Crippen LogP contribution in [0.15, 0.2) is 42.5 Å². The van der Waals surface area contributed by atoms with Crippen molar-refractivity contribution in [2.45, 2.75) is 65.9 Å². The maximum Gasteiger partial charge on any atom is 0.120 e.